The molecule has 21 heavy (non-hydrogen) atoms. The summed E-state index contributed by atoms with van der Waals surface area (Å²) in [6, 6.07) is 4.07. The van der Waals surface area contributed by atoms with E-state index in [4.69, 9.17) is 11.6 Å². The first kappa shape index (κ1) is 13.3. The van der Waals surface area contributed by atoms with E-state index in [0.29, 0.717) is 16.2 Å². The predicted molar refractivity (Wildman–Crippen MR) is 74.5 cm³/mol. The number of rotatable bonds is 3. The molecule has 0 atom stereocenters. The highest BCUT2D eigenvalue weighted by Crippen LogP contribution is 2.22. The molecule has 0 N–H and O–H groups in total. The molecule has 0 saturated heterocycles. The SMILES string of the molecule is O=c1n(Cc2cc([N+](=O)[O-])ccc2Cl)nc2cnccn12. The van der Waals surface area contributed by atoms with Crippen LogP contribution in [0.2, 0.25) is 5.02 Å². The molecule has 8 nitrogen and oxygen atoms in total. The Morgan fingerprint density at radius 2 is 2.19 bits per heavy atom. The number of hydrogen-bond acceptors (Lipinski definition) is 5. The van der Waals surface area contributed by atoms with Gasteiger partial charge in [0.1, 0.15) is 0 Å². The Kier molecular flexibility index (Phi) is 3.15. The third kappa shape index (κ3) is 2.36. The Morgan fingerprint density at radius 1 is 1.38 bits per heavy atom. The van der Waals surface area contributed by atoms with Crippen molar-refractivity contribution in [3.05, 3.63) is 68.0 Å². The van der Waals surface area contributed by atoms with Crippen LogP contribution >= 0.6 is 11.6 Å². The highest BCUT2D eigenvalue weighted by Gasteiger charge is 2.13. The van der Waals surface area contributed by atoms with Crippen molar-refractivity contribution in [1.82, 2.24) is 19.2 Å². The van der Waals surface area contributed by atoms with Gasteiger partial charge in [0.15, 0.2) is 5.65 Å². The average molecular weight is 306 g/mol. The predicted octanol–water partition coefficient (Wildman–Crippen LogP) is 1.50. The fourth-order valence-electron chi connectivity index (χ4n) is 1.94. The normalized spacial score (nSPS) is 10.9. The number of nitro benzene ring substituents is 1. The number of nitrogens with zero attached hydrogens (tertiary/aromatic N) is 5. The van der Waals surface area contributed by atoms with Gasteiger partial charge >= 0.3 is 5.69 Å². The second-order valence-corrected chi connectivity index (χ2v) is 4.68. The van der Waals surface area contributed by atoms with Gasteiger partial charge in [-0.25, -0.2) is 13.9 Å². The summed E-state index contributed by atoms with van der Waals surface area (Å²) in [6.45, 7) is 0.0427. The molecular formula is C12H8ClN5O3. The number of nitro groups is 1. The van der Waals surface area contributed by atoms with E-state index in [1.807, 2.05) is 0 Å². The van der Waals surface area contributed by atoms with E-state index in [2.05, 4.69) is 10.1 Å². The minimum absolute atomic E-state index is 0.0427. The lowest BCUT2D eigenvalue weighted by atomic mass is 10.2. The van der Waals surface area contributed by atoms with Gasteiger partial charge in [0.2, 0.25) is 0 Å². The average Bonchev–Trinajstić information content (AvgIpc) is 2.78. The van der Waals surface area contributed by atoms with Crippen LogP contribution in [-0.2, 0) is 6.54 Å². The molecule has 0 aliphatic carbocycles. The van der Waals surface area contributed by atoms with Gasteiger partial charge in [0.05, 0.1) is 17.7 Å². The van der Waals surface area contributed by atoms with E-state index in [1.165, 1.54) is 45.9 Å². The molecule has 0 spiro atoms. The molecule has 0 aliphatic heterocycles. The van der Waals surface area contributed by atoms with Crippen molar-refractivity contribution in [2.24, 2.45) is 0 Å². The standard InChI is InChI=1S/C12H8ClN5O3/c13-10-2-1-9(18(20)21)5-8(10)7-17-12(19)16-4-3-14-6-11(16)15-17/h1-6H,7H2. The van der Waals surface area contributed by atoms with Crippen molar-refractivity contribution in [3.8, 4) is 0 Å². The third-order valence-electron chi connectivity index (χ3n) is 2.95. The summed E-state index contributed by atoms with van der Waals surface area (Å²) in [5.41, 5.74) is 0.385. The number of halogens is 1. The highest BCUT2D eigenvalue weighted by atomic mass is 35.5. The summed E-state index contributed by atoms with van der Waals surface area (Å²) in [7, 11) is 0. The quantitative estimate of drug-likeness (QED) is 0.540. The summed E-state index contributed by atoms with van der Waals surface area (Å²) < 4.78 is 2.51. The minimum Gasteiger partial charge on any atom is -0.259 e. The lowest BCUT2D eigenvalue weighted by Gasteiger charge is -2.03. The fourth-order valence-corrected chi connectivity index (χ4v) is 2.12. The van der Waals surface area contributed by atoms with Gasteiger partial charge in [0, 0.05) is 29.5 Å². The van der Waals surface area contributed by atoms with Gasteiger partial charge < -0.3 is 0 Å². The van der Waals surface area contributed by atoms with E-state index in [9.17, 15) is 14.9 Å². The van der Waals surface area contributed by atoms with Crippen molar-refractivity contribution >= 4 is 22.9 Å². The van der Waals surface area contributed by atoms with Crippen LogP contribution in [0.15, 0.2) is 41.6 Å². The molecule has 3 aromatic rings. The van der Waals surface area contributed by atoms with E-state index >= 15 is 0 Å². The van der Waals surface area contributed by atoms with Crippen LogP contribution in [0.1, 0.15) is 5.56 Å². The van der Waals surface area contributed by atoms with Gasteiger partial charge in [-0.1, -0.05) is 11.6 Å². The Balaban J connectivity index is 2.06. The molecule has 2 heterocycles. The molecule has 106 valence electrons. The Labute approximate surface area is 122 Å². The van der Waals surface area contributed by atoms with Gasteiger partial charge in [-0.2, -0.15) is 0 Å². The van der Waals surface area contributed by atoms with Crippen molar-refractivity contribution < 1.29 is 4.92 Å². The molecule has 1 aromatic carbocycles. The first-order chi connectivity index (χ1) is 10.1. The number of aromatic nitrogens is 4. The van der Waals surface area contributed by atoms with Crippen LogP contribution in [-0.4, -0.2) is 24.1 Å². The van der Waals surface area contributed by atoms with Crippen LogP contribution in [0.5, 0.6) is 0 Å². The lowest BCUT2D eigenvalue weighted by Crippen LogP contribution is -2.21. The first-order valence-corrected chi connectivity index (χ1v) is 6.26. The van der Waals surface area contributed by atoms with E-state index in [-0.39, 0.29) is 17.9 Å². The van der Waals surface area contributed by atoms with Crippen LogP contribution in [0, 0.1) is 10.1 Å². The maximum atomic E-state index is 12.1. The lowest BCUT2D eigenvalue weighted by molar-refractivity contribution is -0.384. The molecule has 3 rings (SSSR count). The number of benzene rings is 1. The molecule has 0 unspecified atom stereocenters. The van der Waals surface area contributed by atoms with Crippen LogP contribution in [0.25, 0.3) is 5.65 Å². The Bertz CT molecular complexity index is 901. The molecule has 0 radical (unpaired) electrons. The van der Waals surface area contributed by atoms with Crippen LogP contribution in [0.3, 0.4) is 0 Å². The summed E-state index contributed by atoms with van der Waals surface area (Å²) >= 11 is 6.02. The second-order valence-electron chi connectivity index (χ2n) is 4.28. The Morgan fingerprint density at radius 3 is 2.90 bits per heavy atom. The molecular weight excluding hydrogens is 298 g/mol. The summed E-state index contributed by atoms with van der Waals surface area (Å²) in [5, 5.41) is 15.2. The van der Waals surface area contributed by atoms with Gasteiger partial charge in [0.25, 0.3) is 5.69 Å². The molecule has 9 heteroatoms. The number of hydrogen-bond donors (Lipinski definition) is 0. The fraction of sp³-hybridized carbons (Fsp3) is 0.0833. The van der Waals surface area contributed by atoms with E-state index < -0.39 is 4.92 Å². The van der Waals surface area contributed by atoms with Crippen molar-refractivity contribution in [2.75, 3.05) is 0 Å². The van der Waals surface area contributed by atoms with E-state index in [1.54, 1.807) is 0 Å². The van der Waals surface area contributed by atoms with Gasteiger partial charge in [-0.15, -0.1) is 5.10 Å². The zero-order chi connectivity index (χ0) is 15.0. The zero-order valence-electron chi connectivity index (χ0n) is 10.5. The molecule has 0 amide bonds. The first-order valence-electron chi connectivity index (χ1n) is 5.88. The topological polar surface area (TPSA) is 95.3 Å². The monoisotopic (exact) mass is 305 g/mol. The number of fused-ring (bicyclic) bond motifs is 1. The molecule has 2 aromatic heterocycles. The maximum Gasteiger partial charge on any atom is 0.350 e. The molecule has 0 aliphatic rings. The van der Waals surface area contributed by atoms with Crippen LogP contribution < -0.4 is 5.69 Å². The molecule has 0 saturated carbocycles. The van der Waals surface area contributed by atoms with Crippen molar-refractivity contribution in [3.63, 3.8) is 0 Å². The zero-order valence-corrected chi connectivity index (χ0v) is 11.3. The van der Waals surface area contributed by atoms with E-state index in [0.717, 1.165) is 0 Å². The maximum absolute atomic E-state index is 12.1. The third-order valence-corrected chi connectivity index (χ3v) is 3.32. The summed E-state index contributed by atoms with van der Waals surface area (Å²) in [4.78, 5) is 26.3. The summed E-state index contributed by atoms with van der Waals surface area (Å²) in [5.74, 6) is 0. The second kappa shape index (κ2) is 4.98. The summed E-state index contributed by atoms with van der Waals surface area (Å²) in [6.07, 6.45) is 4.42. The van der Waals surface area contributed by atoms with Crippen molar-refractivity contribution in [2.45, 2.75) is 6.54 Å². The minimum atomic E-state index is -0.518. The van der Waals surface area contributed by atoms with Crippen molar-refractivity contribution in [1.29, 1.82) is 0 Å². The molecule has 0 fully saturated rings. The number of non-ortho nitro benzene ring substituents is 1. The highest BCUT2D eigenvalue weighted by molar-refractivity contribution is 6.31. The smallest absolute Gasteiger partial charge is 0.259 e. The van der Waals surface area contributed by atoms with Gasteiger partial charge in [-0.05, 0) is 11.6 Å². The Hall–Kier alpha value is -2.74. The van der Waals surface area contributed by atoms with Crippen LogP contribution in [0.4, 0.5) is 5.69 Å². The van der Waals surface area contributed by atoms with Gasteiger partial charge in [-0.3, -0.25) is 15.1 Å². The molecule has 0 bridgehead atoms. The largest absolute Gasteiger partial charge is 0.350 e.